The minimum atomic E-state index is -0.926. The summed E-state index contributed by atoms with van der Waals surface area (Å²) in [6.45, 7) is 0.521. The molecule has 2 N–H and O–H groups in total. The molecule has 1 aromatic heterocycles. The van der Waals surface area contributed by atoms with Gasteiger partial charge in [-0.15, -0.1) is 0 Å². The van der Waals surface area contributed by atoms with Crippen molar-refractivity contribution in [1.82, 2.24) is 20.4 Å². The summed E-state index contributed by atoms with van der Waals surface area (Å²) in [6.07, 6.45) is 3.23. The summed E-state index contributed by atoms with van der Waals surface area (Å²) in [6, 6.07) is 3.58. The summed E-state index contributed by atoms with van der Waals surface area (Å²) in [5, 5.41) is 20.3. The maximum Gasteiger partial charge on any atom is 0.409 e. The number of hydrogen-bond acceptors (Lipinski definition) is 4. The summed E-state index contributed by atoms with van der Waals surface area (Å²) in [7, 11) is 1.76. The lowest BCUT2D eigenvalue weighted by Crippen LogP contribution is -2.59. The molecule has 1 saturated heterocycles. The fourth-order valence-corrected chi connectivity index (χ4v) is 2.41. The van der Waals surface area contributed by atoms with Crippen molar-refractivity contribution in [3.05, 3.63) is 24.0 Å². The number of piperidine rings is 1. The Labute approximate surface area is 99.7 Å². The smallest absolute Gasteiger partial charge is 0.409 e. The van der Waals surface area contributed by atoms with Gasteiger partial charge >= 0.3 is 6.09 Å². The Balaban J connectivity index is 2.43. The average Bonchev–Trinajstić information content (AvgIpc) is 2.39. The highest BCUT2D eigenvalue weighted by molar-refractivity contribution is 5.66. The Kier molecular flexibility index (Phi) is 3.23. The first kappa shape index (κ1) is 11.8. The fraction of sp³-hybridized carbons (Fsp3) is 0.545. The zero-order valence-corrected chi connectivity index (χ0v) is 9.76. The molecule has 17 heavy (non-hydrogen) atoms. The van der Waals surface area contributed by atoms with Crippen molar-refractivity contribution in [2.75, 3.05) is 13.6 Å². The van der Waals surface area contributed by atoms with Crippen LogP contribution in [0.5, 0.6) is 0 Å². The van der Waals surface area contributed by atoms with E-state index in [0.29, 0.717) is 18.7 Å². The minimum absolute atomic E-state index is 0.521. The molecule has 1 aromatic rings. The van der Waals surface area contributed by atoms with Crippen LogP contribution in [-0.4, -0.2) is 39.9 Å². The van der Waals surface area contributed by atoms with Crippen LogP contribution >= 0.6 is 0 Å². The summed E-state index contributed by atoms with van der Waals surface area (Å²) in [5.74, 6) is 0. The van der Waals surface area contributed by atoms with E-state index < -0.39 is 11.8 Å². The first-order valence-electron chi connectivity index (χ1n) is 5.68. The van der Waals surface area contributed by atoms with Gasteiger partial charge in [0.2, 0.25) is 0 Å². The van der Waals surface area contributed by atoms with Crippen LogP contribution in [0.25, 0.3) is 0 Å². The molecule has 1 unspecified atom stereocenters. The van der Waals surface area contributed by atoms with Crippen LogP contribution in [0.1, 0.15) is 25.0 Å². The van der Waals surface area contributed by atoms with E-state index in [4.69, 9.17) is 0 Å². The van der Waals surface area contributed by atoms with Gasteiger partial charge in [-0.2, -0.15) is 10.2 Å². The number of carbonyl (C=O) groups is 1. The predicted octanol–water partition coefficient (Wildman–Crippen LogP) is 1.01. The topological polar surface area (TPSA) is 78.4 Å². The quantitative estimate of drug-likeness (QED) is 0.801. The van der Waals surface area contributed by atoms with Crippen molar-refractivity contribution in [2.24, 2.45) is 0 Å². The molecule has 92 valence electrons. The minimum Gasteiger partial charge on any atom is -0.465 e. The number of carboxylic acid groups (broad SMARTS) is 1. The highest BCUT2D eigenvalue weighted by atomic mass is 16.4. The second-order valence-electron chi connectivity index (χ2n) is 4.11. The molecule has 0 radical (unpaired) electrons. The summed E-state index contributed by atoms with van der Waals surface area (Å²) in [4.78, 5) is 12.8. The van der Waals surface area contributed by atoms with Crippen molar-refractivity contribution < 1.29 is 9.90 Å². The molecule has 6 heteroatoms. The van der Waals surface area contributed by atoms with E-state index in [0.717, 1.165) is 12.8 Å². The fourth-order valence-electron chi connectivity index (χ4n) is 2.41. The van der Waals surface area contributed by atoms with E-state index in [2.05, 4.69) is 15.5 Å². The molecule has 0 aromatic carbocycles. The molecule has 1 aliphatic heterocycles. The van der Waals surface area contributed by atoms with E-state index in [1.807, 2.05) is 6.07 Å². The first-order valence-corrected chi connectivity index (χ1v) is 5.68. The molecule has 1 amide bonds. The van der Waals surface area contributed by atoms with Gasteiger partial charge in [-0.3, -0.25) is 10.2 Å². The average molecular weight is 236 g/mol. The molecular formula is C11H16N4O2. The van der Waals surface area contributed by atoms with Crippen molar-refractivity contribution in [3.63, 3.8) is 0 Å². The van der Waals surface area contributed by atoms with Crippen LogP contribution in [0.4, 0.5) is 4.79 Å². The summed E-state index contributed by atoms with van der Waals surface area (Å²) < 4.78 is 0. The monoisotopic (exact) mass is 236 g/mol. The predicted molar refractivity (Wildman–Crippen MR) is 61.4 cm³/mol. The number of amides is 1. The third-order valence-electron chi connectivity index (χ3n) is 3.27. The van der Waals surface area contributed by atoms with Crippen molar-refractivity contribution in [2.45, 2.75) is 24.9 Å². The zero-order valence-electron chi connectivity index (χ0n) is 9.76. The molecule has 2 heterocycles. The van der Waals surface area contributed by atoms with E-state index in [1.165, 1.54) is 4.90 Å². The first-order chi connectivity index (χ1) is 8.20. The largest absolute Gasteiger partial charge is 0.465 e. The highest BCUT2D eigenvalue weighted by Crippen LogP contribution is 2.33. The number of rotatable bonds is 2. The Bertz CT molecular complexity index is 398. The van der Waals surface area contributed by atoms with Crippen LogP contribution in [0.2, 0.25) is 0 Å². The van der Waals surface area contributed by atoms with Crippen LogP contribution in [0.3, 0.4) is 0 Å². The number of likely N-dealkylation sites (tertiary alicyclic amines) is 1. The lowest BCUT2D eigenvalue weighted by atomic mass is 9.92. The SMILES string of the molecule is CNC1(c2cccnn2)CCCCN1C(=O)O. The number of nitrogens with one attached hydrogen (secondary N) is 1. The normalized spacial score (nSPS) is 24.6. The Morgan fingerprint density at radius 2 is 2.41 bits per heavy atom. The van der Waals surface area contributed by atoms with Crippen LogP contribution in [-0.2, 0) is 5.66 Å². The molecular weight excluding hydrogens is 220 g/mol. The van der Waals surface area contributed by atoms with Gasteiger partial charge in [-0.05, 0) is 38.4 Å². The maximum atomic E-state index is 11.3. The van der Waals surface area contributed by atoms with Crippen LogP contribution < -0.4 is 5.32 Å². The van der Waals surface area contributed by atoms with Gasteiger partial charge in [0, 0.05) is 12.7 Å². The summed E-state index contributed by atoms with van der Waals surface area (Å²) >= 11 is 0. The van der Waals surface area contributed by atoms with Crippen LogP contribution in [0.15, 0.2) is 18.3 Å². The zero-order chi connectivity index (χ0) is 12.3. The van der Waals surface area contributed by atoms with Gasteiger partial charge in [-0.25, -0.2) is 4.79 Å². The third-order valence-corrected chi connectivity index (χ3v) is 3.27. The van der Waals surface area contributed by atoms with Gasteiger partial charge in [0.05, 0.1) is 0 Å². The van der Waals surface area contributed by atoms with Gasteiger partial charge in [0.1, 0.15) is 11.4 Å². The summed E-state index contributed by atoms with van der Waals surface area (Å²) in [5.41, 5.74) is -0.0807. The molecule has 0 bridgehead atoms. The highest BCUT2D eigenvalue weighted by Gasteiger charge is 2.43. The van der Waals surface area contributed by atoms with E-state index in [1.54, 1.807) is 19.3 Å². The molecule has 0 spiro atoms. The van der Waals surface area contributed by atoms with Gasteiger partial charge < -0.3 is 5.11 Å². The maximum absolute atomic E-state index is 11.3. The second kappa shape index (κ2) is 4.67. The number of hydrogen-bond donors (Lipinski definition) is 2. The van der Waals surface area contributed by atoms with Gasteiger partial charge in [0.15, 0.2) is 0 Å². The van der Waals surface area contributed by atoms with Crippen LogP contribution in [0, 0.1) is 0 Å². The lowest BCUT2D eigenvalue weighted by Gasteiger charge is -2.44. The Hall–Kier alpha value is -1.69. The third kappa shape index (κ3) is 1.95. The number of aromatic nitrogens is 2. The number of nitrogens with zero attached hydrogens (tertiary/aromatic N) is 3. The molecule has 1 aliphatic rings. The second-order valence-corrected chi connectivity index (χ2v) is 4.11. The Morgan fingerprint density at radius 1 is 1.59 bits per heavy atom. The van der Waals surface area contributed by atoms with Gasteiger partial charge in [0.25, 0.3) is 0 Å². The van der Waals surface area contributed by atoms with Crippen molar-refractivity contribution >= 4 is 6.09 Å². The standard InChI is InChI=1S/C11H16N4O2/c1-12-11(9-5-4-7-13-14-9)6-2-3-8-15(11)10(16)17/h4-5,7,12H,2-3,6,8H2,1H3,(H,16,17). The molecule has 2 rings (SSSR count). The van der Waals surface area contributed by atoms with E-state index in [9.17, 15) is 9.90 Å². The van der Waals surface area contributed by atoms with Gasteiger partial charge in [-0.1, -0.05) is 0 Å². The lowest BCUT2D eigenvalue weighted by molar-refractivity contribution is 0.0229. The molecule has 0 saturated carbocycles. The Morgan fingerprint density at radius 3 is 3.00 bits per heavy atom. The van der Waals surface area contributed by atoms with E-state index >= 15 is 0 Å². The molecule has 0 aliphatic carbocycles. The molecule has 1 fully saturated rings. The molecule has 6 nitrogen and oxygen atoms in total. The van der Waals surface area contributed by atoms with Crippen molar-refractivity contribution in [3.8, 4) is 0 Å². The van der Waals surface area contributed by atoms with E-state index in [-0.39, 0.29) is 0 Å². The molecule has 1 atom stereocenters. The van der Waals surface area contributed by atoms with Crippen molar-refractivity contribution in [1.29, 1.82) is 0 Å².